The molecule has 23 heavy (non-hydrogen) atoms. The standard InChI is InChI=1S/C15H14F2N2O3S/c16-10-5-9(6-11(17)7-10)15-18-13-8-19(4-3-14(13)22-15)23(20,21)12-1-2-12/h5-7,12H,1-4,8H2. The molecule has 122 valence electrons. The molecule has 2 aliphatic rings. The highest BCUT2D eigenvalue weighted by atomic mass is 32.2. The van der Waals surface area contributed by atoms with Crippen LogP contribution in [-0.4, -0.2) is 29.5 Å². The zero-order chi connectivity index (χ0) is 16.2. The van der Waals surface area contributed by atoms with Gasteiger partial charge < -0.3 is 4.42 Å². The van der Waals surface area contributed by atoms with Crippen LogP contribution in [0.2, 0.25) is 0 Å². The van der Waals surface area contributed by atoms with Crippen LogP contribution in [0.5, 0.6) is 0 Å². The van der Waals surface area contributed by atoms with Gasteiger partial charge in [0.25, 0.3) is 0 Å². The number of benzene rings is 1. The van der Waals surface area contributed by atoms with E-state index in [0.29, 0.717) is 37.3 Å². The first-order valence-corrected chi connectivity index (χ1v) is 8.88. The number of rotatable bonds is 3. The molecular formula is C15H14F2N2O3S. The Morgan fingerprint density at radius 2 is 1.87 bits per heavy atom. The lowest BCUT2D eigenvalue weighted by Gasteiger charge is -2.24. The summed E-state index contributed by atoms with van der Waals surface area (Å²) >= 11 is 0. The molecule has 5 nitrogen and oxygen atoms in total. The molecule has 0 atom stereocenters. The van der Waals surface area contributed by atoms with Crippen LogP contribution in [0.3, 0.4) is 0 Å². The van der Waals surface area contributed by atoms with Crippen molar-refractivity contribution in [3.05, 3.63) is 41.3 Å². The summed E-state index contributed by atoms with van der Waals surface area (Å²) in [6.07, 6.45) is 1.82. The Kier molecular flexibility index (Phi) is 3.28. The highest BCUT2D eigenvalue weighted by Crippen LogP contribution is 2.34. The monoisotopic (exact) mass is 340 g/mol. The number of aromatic nitrogens is 1. The number of halogens is 2. The molecule has 0 radical (unpaired) electrons. The summed E-state index contributed by atoms with van der Waals surface area (Å²) in [5.41, 5.74) is 0.716. The quantitative estimate of drug-likeness (QED) is 0.861. The highest BCUT2D eigenvalue weighted by Gasteiger charge is 2.41. The Hall–Kier alpha value is -1.80. The summed E-state index contributed by atoms with van der Waals surface area (Å²) in [6, 6.07) is 3.05. The minimum absolute atomic E-state index is 0.110. The lowest BCUT2D eigenvalue weighted by atomic mass is 10.2. The second kappa shape index (κ2) is 5.10. The zero-order valence-electron chi connectivity index (χ0n) is 12.1. The summed E-state index contributed by atoms with van der Waals surface area (Å²) in [6.45, 7) is 0.493. The van der Waals surface area contributed by atoms with E-state index in [4.69, 9.17) is 4.42 Å². The molecule has 2 aromatic rings. The van der Waals surface area contributed by atoms with Crippen LogP contribution in [0.4, 0.5) is 8.78 Å². The van der Waals surface area contributed by atoms with Gasteiger partial charge in [-0.3, -0.25) is 0 Å². The van der Waals surface area contributed by atoms with Crippen molar-refractivity contribution in [3.63, 3.8) is 0 Å². The Bertz CT molecular complexity index is 855. The lowest BCUT2D eigenvalue weighted by Crippen LogP contribution is -2.37. The molecule has 2 heterocycles. The van der Waals surface area contributed by atoms with E-state index in [9.17, 15) is 17.2 Å². The molecule has 0 spiro atoms. The fourth-order valence-electron chi connectivity index (χ4n) is 2.77. The Balaban J connectivity index is 1.65. The number of nitrogens with zero attached hydrogens (tertiary/aromatic N) is 2. The van der Waals surface area contributed by atoms with E-state index in [1.807, 2.05) is 0 Å². The van der Waals surface area contributed by atoms with E-state index in [-0.39, 0.29) is 23.2 Å². The number of hydrogen-bond donors (Lipinski definition) is 0. The predicted molar refractivity (Wildman–Crippen MR) is 77.9 cm³/mol. The lowest BCUT2D eigenvalue weighted by molar-refractivity contribution is 0.362. The molecular weight excluding hydrogens is 326 g/mol. The van der Waals surface area contributed by atoms with E-state index in [0.717, 1.165) is 18.2 Å². The average Bonchev–Trinajstić information content (AvgIpc) is 3.25. The van der Waals surface area contributed by atoms with Crippen molar-refractivity contribution >= 4 is 10.0 Å². The largest absolute Gasteiger partial charge is 0.441 e. The number of sulfonamides is 1. The zero-order valence-corrected chi connectivity index (χ0v) is 12.9. The molecule has 0 saturated heterocycles. The molecule has 0 amide bonds. The minimum atomic E-state index is -3.27. The van der Waals surface area contributed by atoms with Crippen molar-refractivity contribution < 1.29 is 21.6 Å². The molecule has 0 bridgehead atoms. The van der Waals surface area contributed by atoms with E-state index >= 15 is 0 Å². The molecule has 1 aromatic carbocycles. The number of hydrogen-bond acceptors (Lipinski definition) is 4. The number of oxazole rings is 1. The third-order valence-electron chi connectivity index (χ3n) is 4.11. The van der Waals surface area contributed by atoms with Crippen molar-refractivity contribution in [2.45, 2.75) is 31.1 Å². The summed E-state index contributed by atoms with van der Waals surface area (Å²) < 4.78 is 58.2. The van der Waals surface area contributed by atoms with Crippen LogP contribution in [0.25, 0.3) is 11.5 Å². The van der Waals surface area contributed by atoms with E-state index < -0.39 is 21.7 Å². The summed E-state index contributed by atoms with van der Waals surface area (Å²) in [5.74, 6) is -0.741. The van der Waals surface area contributed by atoms with E-state index in [1.54, 1.807) is 0 Å². The summed E-state index contributed by atoms with van der Waals surface area (Å²) in [5, 5.41) is -0.271. The van der Waals surface area contributed by atoms with Crippen LogP contribution in [0.15, 0.2) is 22.6 Å². The maximum atomic E-state index is 13.3. The van der Waals surface area contributed by atoms with Crippen molar-refractivity contribution in [3.8, 4) is 11.5 Å². The molecule has 1 aliphatic heterocycles. The SMILES string of the molecule is O=S(=O)(C1CC1)N1CCc2oc(-c3cc(F)cc(F)c3)nc2C1. The highest BCUT2D eigenvalue weighted by molar-refractivity contribution is 7.90. The summed E-state index contributed by atoms with van der Waals surface area (Å²) in [4.78, 5) is 4.24. The second-order valence-electron chi connectivity index (χ2n) is 5.87. The van der Waals surface area contributed by atoms with Crippen molar-refractivity contribution in [2.24, 2.45) is 0 Å². The smallest absolute Gasteiger partial charge is 0.226 e. The third kappa shape index (κ3) is 2.66. The van der Waals surface area contributed by atoms with Gasteiger partial charge in [0.15, 0.2) is 0 Å². The van der Waals surface area contributed by atoms with Crippen LogP contribution in [0, 0.1) is 11.6 Å². The Labute approximate surface area is 132 Å². The summed E-state index contributed by atoms with van der Waals surface area (Å²) in [7, 11) is -3.27. The van der Waals surface area contributed by atoms with Gasteiger partial charge in [-0.15, -0.1) is 0 Å². The van der Waals surface area contributed by atoms with Gasteiger partial charge in [-0.25, -0.2) is 22.2 Å². The Morgan fingerprint density at radius 1 is 1.17 bits per heavy atom. The molecule has 0 N–H and O–H groups in total. The maximum Gasteiger partial charge on any atom is 0.226 e. The van der Waals surface area contributed by atoms with Crippen LogP contribution in [0.1, 0.15) is 24.3 Å². The van der Waals surface area contributed by atoms with Crippen LogP contribution in [-0.2, 0) is 23.0 Å². The van der Waals surface area contributed by atoms with Crippen molar-refractivity contribution in [2.75, 3.05) is 6.54 Å². The molecule has 0 unspecified atom stereocenters. The van der Waals surface area contributed by atoms with Gasteiger partial charge in [0.2, 0.25) is 15.9 Å². The van der Waals surface area contributed by atoms with Crippen molar-refractivity contribution in [1.29, 1.82) is 0 Å². The molecule has 1 fully saturated rings. The molecule has 8 heteroatoms. The van der Waals surface area contributed by atoms with E-state index in [2.05, 4.69) is 4.98 Å². The topological polar surface area (TPSA) is 63.4 Å². The predicted octanol–water partition coefficient (Wildman–Crippen LogP) is 2.47. The average molecular weight is 340 g/mol. The van der Waals surface area contributed by atoms with Gasteiger partial charge in [-0.2, -0.15) is 4.31 Å². The van der Waals surface area contributed by atoms with Gasteiger partial charge in [-0.05, 0) is 25.0 Å². The number of fused-ring (bicyclic) bond motifs is 1. The fraction of sp³-hybridized carbons (Fsp3) is 0.400. The Morgan fingerprint density at radius 3 is 2.52 bits per heavy atom. The molecule has 1 aliphatic carbocycles. The fourth-order valence-corrected chi connectivity index (χ4v) is 4.57. The second-order valence-corrected chi connectivity index (χ2v) is 8.09. The maximum absolute atomic E-state index is 13.3. The first-order valence-electron chi connectivity index (χ1n) is 7.37. The molecule has 1 aromatic heterocycles. The van der Waals surface area contributed by atoms with Gasteiger partial charge >= 0.3 is 0 Å². The van der Waals surface area contributed by atoms with Gasteiger partial charge in [0.1, 0.15) is 17.4 Å². The van der Waals surface area contributed by atoms with E-state index in [1.165, 1.54) is 4.31 Å². The van der Waals surface area contributed by atoms with Gasteiger partial charge in [0, 0.05) is 24.6 Å². The third-order valence-corrected chi connectivity index (χ3v) is 6.45. The van der Waals surface area contributed by atoms with Crippen molar-refractivity contribution in [1.82, 2.24) is 9.29 Å². The molecule has 4 rings (SSSR count). The normalized spacial score (nSPS) is 18.9. The van der Waals surface area contributed by atoms with Crippen LogP contribution < -0.4 is 0 Å². The van der Waals surface area contributed by atoms with Crippen LogP contribution >= 0.6 is 0 Å². The molecule has 1 saturated carbocycles. The first kappa shape index (κ1) is 14.8. The van der Waals surface area contributed by atoms with Gasteiger partial charge in [0.05, 0.1) is 17.5 Å². The first-order chi connectivity index (χ1) is 10.9. The minimum Gasteiger partial charge on any atom is -0.441 e. The van der Waals surface area contributed by atoms with Gasteiger partial charge in [-0.1, -0.05) is 0 Å².